The lowest BCUT2D eigenvalue weighted by Crippen LogP contribution is -2.52. The van der Waals surface area contributed by atoms with E-state index < -0.39 is 0 Å². The smallest absolute Gasteiger partial charge is 0.236 e. The highest BCUT2D eigenvalue weighted by Crippen LogP contribution is 2.06. The minimum atomic E-state index is 0.139. The maximum Gasteiger partial charge on any atom is 0.236 e. The van der Waals surface area contributed by atoms with Crippen LogP contribution in [0, 0.1) is 0 Å². The summed E-state index contributed by atoms with van der Waals surface area (Å²) in [5, 5.41) is 0. The standard InChI is InChI=1S/C13H26N4O2/c1-15(2)11-13(19)17-9-7-16(8-10-17)12(18)5-3-4-6-14/h3-11,14H2,1-2H3. The van der Waals surface area contributed by atoms with E-state index >= 15 is 0 Å². The van der Waals surface area contributed by atoms with Gasteiger partial charge in [-0.3, -0.25) is 9.59 Å². The van der Waals surface area contributed by atoms with Crippen LogP contribution in [0.5, 0.6) is 0 Å². The number of hydrogen-bond acceptors (Lipinski definition) is 4. The molecule has 110 valence electrons. The number of unbranched alkanes of at least 4 members (excludes halogenated alkanes) is 1. The molecule has 6 heteroatoms. The number of nitrogens with two attached hydrogens (primary N) is 1. The van der Waals surface area contributed by atoms with Crippen molar-refractivity contribution >= 4 is 11.8 Å². The van der Waals surface area contributed by atoms with Gasteiger partial charge < -0.3 is 20.4 Å². The molecule has 0 aromatic carbocycles. The van der Waals surface area contributed by atoms with Crippen molar-refractivity contribution in [2.75, 3.05) is 53.4 Å². The lowest BCUT2D eigenvalue weighted by Gasteiger charge is -2.35. The summed E-state index contributed by atoms with van der Waals surface area (Å²) >= 11 is 0. The quantitative estimate of drug-likeness (QED) is 0.651. The summed E-state index contributed by atoms with van der Waals surface area (Å²) in [6.07, 6.45) is 2.32. The number of carbonyl (C=O) groups excluding carboxylic acids is 2. The van der Waals surface area contributed by atoms with Crippen LogP contribution in [-0.4, -0.2) is 79.9 Å². The van der Waals surface area contributed by atoms with Crippen molar-refractivity contribution in [3.63, 3.8) is 0 Å². The van der Waals surface area contributed by atoms with E-state index in [9.17, 15) is 9.59 Å². The highest BCUT2D eigenvalue weighted by Gasteiger charge is 2.23. The predicted octanol–water partition coefficient (Wildman–Crippen LogP) is -0.652. The second kappa shape index (κ2) is 8.12. The number of nitrogens with zero attached hydrogens (tertiary/aromatic N) is 3. The molecule has 1 rings (SSSR count). The molecule has 1 fully saturated rings. The molecular weight excluding hydrogens is 244 g/mol. The fraction of sp³-hybridized carbons (Fsp3) is 0.846. The Morgan fingerprint density at radius 3 is 2.00 bits per heavy atom. The fourth-order valence-electron chi connectivity index (χ4n) is 2.15. The van der Waals surface area contributed by atoms with Gasteiger partial charge in [-0.05, 0) is 33.5 Å². The molecule has 0 aliphatic carbocycles. The van der Waals surface area contributed by atoms with Crippen LogP contribution in [0.1, 0.15) is 19.3 Å². The second-order valence-corrected chi connectivity index (χ2v) is 5.25. The Kier molecular flexibility index (Phi) is 6.80. The van der Waals surface area contributed by atoms with Crippen molar-refractivity contribution in [2.45, 2.75) is 19.3 Å². The third-order valence-corrected chi connectivity index (χ3v) is 3.28. The summed E-state index contributed by atoms with van der Waals surface area (Å²) in [6.45, 7) is 3.68. The average molecular weight is 270 g/mol. The van der Waals surface area contributed by atoms with Crippen molar-refractivity contribution in [2.24, 2.45) is 5.73 Å². The van der Waals surface area contributed by atoms with Gasteiger partial charge in [0.25, 0.3) is 0 Å². The first-order valence-electron chi connectivity index (χ1n) is 6.95. The summed E-state index contributed by atoms with van der Waals surface area (Å²) < 4.78 is 0. The molecule has 2 N–H and O–H groups in total. The predicted molar refractivity (Wildman–Crippen MR) is 74.6 cm³/mol. The van der Waals surface area contributed by atoms with Gasteiger partial charge in [0.15, 0.2) is 0 Å². The molecule has 1 saturated heterocycles. The average Bonchev–Trinajstić information content (AvgIpc) is 2.38. The van der Waals surface area contributed by atoms with Crippen molar-refractivity contribution in [3.05, 3.63) is 0 Å². The first-order valence-corrected chi connectivity index (χ1v) is 6.95. The topological polar surface area (TPSA) is 69.9 Å². The zero-order valence-electron chi connectivity index (χ0n) is 12.1. The van der Waals surface area contributed by atoms with Crippen LogP contribution in [0.2, 0.25) is 0 Å². The summed E-state index contributed by atoms with van der Waals surface area (Å²) in [5.41, 5.74) is 5.41. The first-order chi connectivity index (χ1) is 9.04. The van der Waals surface area contributed by atoms with Gasteiger partial charge in [-0.1, -0.05) is 0 Å². The van der Waals surface area contributed by atoms with E-state index in [1.54, 1.807) is 0 Å². The number of piperazine rings is 1. The van der Waals surface area contributed by atoms with E-state index in [2.05, 4.69) is 0 Å². The molecule has 0 aromatic rings. The molecule has 0 bridgehead atoms. The minimum Gasteiger partial charge on any atom is -0.339 e. The van der Waals surface area contributed by atoms with Crippen molar-refractivity contribution in [1.82, 2.24) is 14.7 Å². The lowest BCUT2D eigenvalue weighted by molar-refractivity contribution is -0.139. The summed E-state index contributed by atoms with van der Waals surface area (Å²) in [7, 11) is 3.77. The van der Waals surface area contributed by atoms with Crippen LogP contribution in [0.25, 0.3) is 0 Å². The molecule has 0 spiro atoms. The molecule has 0 saturated carbocycles. The van der Waals surface area contributed by atoms with Gasteiger partial charge in [-0.25, -0.2) is 0 Å². The van der Waals surface area contributed by atoms with E-state index in [1.165, 1.54) is 0 Å². The Labute approximate surface area is 115 Å². The van der Waals surface area contributed by atoms with Crippen LogP contribution in [0.15, 0.2) is 0 Å². The molecule has 0 aromatic heterocycles. The molecule has 0 radical (unpaired) electrons. The van der Waals surface area contributed by atoms with Crippen molar-refractivity contribution in [3.8, 4) is 0 Å². The number of likely N-dealkylation sites (N-methyl/N-ethyl adjacent to an activating group) is 1. The lowest BCUT2D eigenvalue weighted by atomic mass is 10.2. The van der Waals surface area contributed by atoms with Gasteiger partial charge >= 0.3 is 0 Å². The van der Waals surface area contributed by atoms with Crippen molar-refractivity contribution in [1.29, 1.82) is 0 Å². The van der Waals surface area contributed by atoms with Crippen LogP contribution < -0.4 is 5.73 Å². The maximum atomic E-state index is 11.9. The molecular formula is C13H26N4O2. The third-order valence-electron chi connectivity index (χ3n) is 3.28. The number of rotatable bonds is 6. The van der Waals surface area contributed by atoms with Crippen LogP contribution in [-0.2, 0) is 9.59 Å². The van der Waals surface area contributed by atoms with Crippen molar-refractivity contribution < 1.29 is 9.59 Å². The third kappa shape index (κ3) is 5.57. The van der Waals surface area contributed by atoms with Crippen LogP contribution in [0.3, 0.4) is 0 Å². The van der Waals surface area contributed by atoms with E-state index in [4.69, 9.17) is 5.73 Å². The first kappa shape index (κ1) is 15.9. The maximum absolute atomic E-state index is 11.9. The Hall–Kier alpha value is -1.14. The summed E-state index contributed by atoms with van der Waals surface area (Å²) in [5.74, 6) is 0.327. The molecule has 19 heavy (non-hydrogen) atoms. The van der Waals surface area contributed by atoms with Gasteiger partial charge in [0, 0.05) is 32.6 Å². The molecule has 1 aliphatic heterocycles. The van der Waals surface area contributed by atoms with Gasteiger partial charge in [0.05, 0.1) is 6.54 Å². The largest absolute Gasteiger partial charge is 0.339 e. The highest BCUT2D eigenvalue weighted by atomic mass is 16.2. The molecule has 0 unspecified atom stereocenters. The summed E-state index contributed by atoms with van der Waals surface area (Å²) in [4.78, 5) is 29.3. The van der Waals surface area contributed by atoms with E-state index in [1.807, 2.05) is 28.8 Å². The van der Waals surface area contributed by atoms with E-state index in [0.29, 0.717) is 45.7 Å². The van der Waals surface area contributed by atoms with Gasteiger partial charge in [-0.15, -0.1) is 0 Å². The van der Waals surface area contributed by atoms with E-state index in [0.717, 1.165) is 12.8 Å². The second-order valence-electron chi connectivity index (χ2n) is 5.25. The van der Waals surface area contributed by atoms with Gasteiger partial charge in [-0.2, -0.15) is 0 Å². The number of amides is 2. The Bertz CT molecular complexity index is 299. The normalized spacial score (nSPS) is 16.0. The molecule has 0 atom stereocenters. The number of hydrogen-bond donors (Lipinski definition) is 1. The Balaban J connectivity index is 2.28. The fourth-order valence-corrected chi connectivity index (χ4v) is 2.15. The number of carbonyl (C=O) groups is 2. The van der Waals surface area contributed by atoms with Gasteiger partial charge in [0.2, 0.25) is 11.8 Å². The van der Waals surface area contributed by atoms with Crippen LogP contribution >= 0.6 is 0 Å². The van der Waals surface area contributed by atoms with E-state index in [-0.39, 0.29) is 11.8 Å². The molecule has 1 heterocycles. The SMILES string of the molecule is CN(C)CC(=O)N1CCN(C(=O)CCCCN)CC1. The van der Waals surface area contributed by atoms with Gasteiger partial charge in [0.1, 0.15) is 0 Å². The molecule has 6 nitrogen and oxygen atoms in total. The molecule has 2 amide bonds. The zero-order chi connectivity index (χ0) is 14.3. The highest BCUT2D eigenvalue weighted by molar-refractivity contribution is 5.79. The Morgan fingerprint density at radius 1 is 1.00 bits per heavy atom. The zero-order valence-corrected chi connectivity index (χ0v) is 12.1. The minimum absolute atomic E-state index is 0.139. The summed E-state index contributed by atoms with van der Waals surface area (Å²) in [6, 6.07) is 0. The molecule has 1 aliphatic rings. The van der Waals surface area contributed by atoms with Crippen LogP contribution in [0.4, 0.5) is 0 Å². The monoisotopic (exact) mass is 270 g/mol. The Morgan fingerprint density at radius 2 is 1.53 bits per heavy atom.